The van der Waals surface area contributed by atoms with E-state index in [0.29, 0.717) is 45.7 Å². The van der Waals surface area contributed by atoms with Crippen LogP contribution in [-0.4, -0.2) is 38.5 Å². The van der Waals surface area contributed by atoms with Gasteiger partial charge < -0.3 is 15.6 Å². The van der Waals surface area contributed by atoms with Gasteiger partial charge in [0, 0.05) is 24.2 Å². The number of fused-ring (bicyclic) bond motifs is 1. The molecule has 2 heterocycles. The predicted octanol–water partition coefficient (Wildman–Crippen LogP) is 4.15. The van der Waals surface area contributed by atoms with Crippen molar-refractivity contribution in [2.75, 3.05) is 17.2 Å². The molecule has 0 aliphatic rings. The van der Waals surface area contributed by atoms with Crippen molar-refractivity contribution in [1.82, 2.24) is 20.4 Å². The normalized spacial score (nSPS) is 10.8. The summed E-state index contributed by atoms with van der Waals surface area (Å²) in [4.78, 5) is 36.1. The Balaban J connectivity index is 1.49. The number of carbonyl (C=O) groups is 2. The van der Waals surface area contributed by atoms with Gasteiger partial charge in [0.05, 0.1) is 27.3 Å². The topological polar surface area (TPSA) is 132 Å². The number of imidazole rings is 1. The van der Waals surface area contributed by atoms with E-state index in [2.05, 4.69) is 25.6 Å². The Hall–Kier alpha value is -3.95. The molecule has 0 unspecified atom stereocenters. The number of benzene rings is 2. The number of aryl methyl sites for hydroxylation is 1. The van der Waals surface area contributed by atoms with E-state index < -0.39 is 5.91 Å². The van der Waals surface area contributed by atoms with Gasteiger partial charge in [-0.1, -0.05) is 23.7 Å². The van der Waals surface area contributed by atoms with Crippen LogP contribution < -0.4 is 16.1 Å². The molecule has 168 valence electrons. The number of anilines is 2. The minimum atomic E-state index is -0.500. The number of para-hydroxylation sites is 2. The van der Waals surface area contributed by atoms with Gasteiger partial charge in [0.2, 0.25) is 5.91 Å². The smallest absolute Gasteiger partial charge is 0.257 e. The number of aromatic amines is 1. The lowest BCUT2D eigenvalue weighted by Crippen LogP contribution is -2.21. The van der Waals surface area contributed by atoms with E-state index in [-0.39, 0.29) is 12.3 Å². The van der Waals surface area contributed by atoms with E-state index in [0.717, 1.165) is 11.0 Å². The summed E-state index contributed by atoms with van der Waals surface area (Å²) in [6, 6.07) is 16.2. The minimum absolute atomic E-state index is 0.0869. The number of nitrogens with one attached hydrogen (secondary N) is 4. The third kappa shape index (κ3) is 5.11. The Kier molecular flexibility index (Phi) is 6.53. The second kappa shape index (κ2) is 9.68. The number of rotatable bonds is 7. The van der Waals surface area contributed by atoms with Gasteiger partial charge in [0.1, 0.15) is 11.6 Å². The van der Waals surface area contributed by atoms with Crippen LogP contribution in [0.5, 0.6) is 0 Å². The fraction of sp³-hybridized carbons (Fsp3) is 0.130. The third-order valence-electron chi connectivity index (χ3n) is 4.98. The van der Waals surface area contributed by atoms with Gasteiger partial charge in [0.25, 0.3) is 5.91 Å². The molecule has 0 atom stereocenters. The summed E-state index contributed by atoms with van der Waals surface area (Å²) in [5.41, 5.74) is 5.46. The van der Waals surface area contributed by atoms with Crippen molar-refractivity contribution < 1.29 is 14.8 Å². The zero-order valence-electron chi connectivity index (χ0n) is 17.6. The number of H-pyrrole nitrogens is 1. The molecule has 33 heavy (non-hydrogen) atoms. The van der Waals surface area contributed by atoms with Crippen molar-refractivity contribution >= 4 is 46.0 Å². The first-order chi connectivity index (χ1) is 15.9. The highest BCUT2D eigenvalue weighted by atomic mass is 35.5. The second-order valence-electron chi connectivity index (χ2n) is 7.29. The molecule has 0 aliphatic heterocycles. The molecule has 4 aromatic rings. The van der Waals surface area contributed by atoms with Gasteiger partial charge in [-0.15, -0.1) is 0 Å². The summed E-state index contributed by atoms with van der Waals surface area (Å²) in [6.45, 7) is 2.02. The molecule has 0 radical (unpaired) electrons. The van der Waals surface area contributed by atoms with Crippen molar-refractivity contribution in [3.63, 3.8) is 0 Å². The number of hydrogen-bond donors (Lipinski definition) is 5. The Morgan fingerprint density at radius 1 is 1.09 bits per heavy atom. The Bertz CT molecular complexity index is 1300. The Morgan fingerprint density at radius 3 is 2.67 bits per heavy atom. The highest BCUT2D eigenvalue weighted by Crippen LogP contribution is 2.30. The summed E-state index contributed by atoms with van der Waals surface area (Å²) < 4.78 is 0. The maximum Gasteiger partial charge on any atom is 0.257 e. The molecule has 4 rings (SSSR count). The Morgan fingerprint density at radius 2 is 1.91 bits per heavy atom. The van der Waals surface area contributed by atoms with E-state index >= 15 is 0 Å². The van der Waals surface area contributed by atoms with Crippen LogP contribution in [-0.2, 0) is 4.79 Å². The van der Waals surface area contributed by atoms with E-state index in [1.54, 1.807) is 42.7 Å². The molecule has 9 nitrogen and oxygen atoms in total. The predicted molar refractivity (Wildman–Crippen MR) is 127 cm³/mol. The van der Waals surface area contributed by atoms with Crippen molar-refractivity contribution in [3.05, 3.63) is 70.9 Å². The van der Waals surface area contributed by atoms with Crippen LogP contribution in [0.1, 0.15) is 22.5 Å². The molecule has 2 aromatic heterocycles. The van der Waals surface area contributed by atoms with Crippen LogP contribution in [0.4, 0.5) is 11.5 Å². The Labute approximate surface area is 194 Å². The molecule has 2 aromatic carbocycles. The molecule has 0 aliphatic carbocycles. The highest BCUT2D eigenvalue weighted by molar-refractivity contribution is 6.33. The fourth-order valence-electron chi connectivity index (χ4n) is 3.32. The van der Waals surface area contributed by atoms with Crippen molar-refractivity contribution in [3.8, 4) is 11.4 Å². The maximum absolute atomic E-state index is 12.9. The number of hydroxylamine groups is 1. The van der Waals surface area contributed by atoms with E-state index in [1.807, 2.05) is 24.3 Å². The van der Waals surface area contributed by atoms with Crippen molar-refractivity contribution in [1.29, 1.82) is 0 Å². The van der Waals surface area contributed by atoms with Crippen molar-refractivity contribution in [2.24, 2.45) is 0 Å². The number of aromatic nitrogens is 3. The number of pyridine rings is 1. The second-order valence-corrected chi connectivity index (χ2v) is 7.70. The largest absolute Gasteiger partial charge is 0.370 e. The average Bonchev–Trinajstić information content (AvgIpc) is 3.24. The van der Waals surface area contributed by atoms with Crippen LogP contribution >= 0.6 is 11.6 Å². The van der Waals surface area contributed by atoms with E-state index in [4.69, 9.17) is 16.8 Å². The molecular formula is C23H21ClN6O3. The number of hydrogen-bond acceptors (Lipinski definition) is 6. The van der Waals surface area contributed by atoms with Gasteiger partial charge in [-0.2, -0.15) is 0 Å². The molecule has 10 heteroatoms. The summed E-state index contributed by atoms with van der Waals surface area (Å²) in [7, 11) is 0. The lowest BCUT2D eigenvalue weighted by molar-refractivity contribution is -0.128. The first kappa shape index (κ1) is 22.3. The highest BCUT2D eigenvalue weighted by Gasteiger charge is 2.14. The SMILES string of the molecule is Cc1nc(NCCC(=O)NO)ccc1C(=O)Nc1ccc(Cl)c(-c2nc3ccccc3[nH]2)c1. The van der Waals surface area contributed by atoms with Crippen LogP contribution in [0.15, 0.2) is 54.6 Å². The first-order valence-electron chi connectivity index (χ1n) is 10.1. The number of nitrogens with zero attached hydrogens (tertiary/aromatic N) is 2. The molecule has 0 bridgehead atoms. The molecule has 2 amide bonds. The monoisotopic (exact) mass is 464 g/mol. The van der Waals surface area contributed by atoms with Gasteiger partial charge >= 0.3 is 0 Å². The van der Waals surface area contributed by atoms with Crippen molar-refractivity contribution in [2.45, 2.75) is 13.3 Å². The van der Waals surface area contributed by atoms with Crippen LogP contribution in [0.2, 0.25) is 5.02 Å². The van der Waals surface area contributed by atoms with Crippen LogP contribution in [0, 0.1) is 6.92 Å². The molecule has 5 N–H and O–H groups in total. The number of amides is 2. The lowest BCUT2D eigenvalue weighted by Gasteiger charge is -2.11. The van der Waals surface area contributed by atoms with E-state index in [1.165, 1.54) is 0 Å². The van der Waals surface area contributed by atoms with Crippen LogP contribution in [0.25, 0.3) is 22.4 Å². The van der Waals surface area contributed by atoms with Gasteiger partial charge in [-0.25, -0.2) is 15.4 Å². The first-order valence-corrected chi connectivity index (χ1v) is 10.5. The lowest BCUT2D eigenvalue weighted by atomic mass is 10.1. The van der Waals surface area contributed by atoms with Gasteiger partial charge in [-0.05, 0) is 49.4 Å². The fourth-order valence-corrected chi connectivity index (χ4v) is 3.53. The average molecular weight is 465 g/mol. The van der Waals surface area contributed by atoms with E-state index in [9.17, 15) is 9.59 Å². The third-order valence-corrected chi connectivity index (χ3v) is 5.31. The molecular weight excluding hydrogens is 444 g/mol. The van der Waals surface area contributed by atoms with Gasteiger partial charge in [-0.3, -0.25) is 14.8 Å². The maximum atomic E-state index is 12.9. The molecule has 0 fully saturated rings. The number of halogens is 1. The molecule has 0 spiro atoms. The summed E-state index contributed by atoms with van der Waals surface area (Å²) >= 11 is 6.40. The zero-order valence-corrected chi connectivity index (χ0v) is 18.4. The molecule has 0 saturated heterocycles. The van der Waals surface area contributed by atoms with Crippen LogP contribution in [0.3, 0.4) is 0 Å². The zero-order chi connectivity index (χ0) is 23.4. The summed E-state index contributed by atoms with van der Waals surface area (Å²) in [5.74, 6) is 0.318. The number of carbonyl (C=O) groups excluding carboxylic acids is 2. The van der Waals surface area contributed by atoms with Gasteiger partial charge in [0.15, 0.2) is 0 Å². The summed E-state index contributed by atoms with van der Waals surface area (Å²) in [5, 5.41) is 14.9. The quantitative estimate of drug-likeness (QED) is 0.206. The minimum Gasteiger partial charge on any atom is -0.370 e. The standard InChI is InChI=1S/C23H21ClN6O3/c1-13-15(7-9-20(26-13)25-11-10-21(31)30-33)23(32)27-14-6-8-17(24)16(12-14)22-28-18-4-2-3-5-19(18)29-22/h2-9,12,33H,10-11H2,1H3,(H,25,26)(H,27,32)(H,28,29)(H,30,31). The summed E-state index contributed by atoms with van der Waals surface area (Å²) in [6.07, 6.45) is 0.0869. The molecule has 0 saturated carbocycles.